The summed E-state index contributed by atoms with van der Waals surface area (Å²) >= 11 is 0. The average molecular weight is 422 g/mol. The molecule has 6 nitrogen and oxygen atoms in total. The van der Waals surface area contributed by atoms with Gasteiger partial charge in [-0.25, -0.2) is 9.18 Å². The van der Waals surface area contributed by atoms with Crippen LogP contribution in [-0.2, 0) is 14.3 Å². The van der Waals surface area contributed by atoms with E-state index in [1.54, 1.807) is 26.8 Å². The Morgan fingerprint density at radius 1 is 1.33 bits per heavy atom. The first-order chi connectivity index (χ1) is 13.9. The zero-order chi connectivity index (χ0) is 22.3. The van der Waals surface area contributed by atoms with E-state index in [1.165, 1.54) is 12.2 Å². The summed E-state index contributed by atoms with van der Waals surface area (Å²) in [5.74, 6) is -2.55. The number of esters is 1. The molecule has 0 spiro atoms. The van der Waals surface area contributed by atoms with Crippen molar-refractivity contribution in [1.82, 2.24) is 0 Å². The van der Waals surface area contributed by atoms with Crippen LogP contribution in [0.3, 0.4) is 0 Å². The molecular formula is C23H31FO6. The van der Waals surface area contributed by atoms with E-state index >= 15 is 4.39 Å². The summed E-state index contributed by atoms with van der Waals surface area (Å²) < 4.78 is 21.7. The summed E-state index contributed by atoms with van der Waals surface area (Å²) in [6.07, 6.45) is 2.46. The van der Waals surface area contributed by atoms with Crippen molar-refractivity contribution in [1.29, 1.82) is 0 Å². The first kappa shape index (κ1) is 21.7. The number of fused-ring (bicyclic) bond motifs is 5. The molecule has 0 aromatic carbocycles. The van der Waals surface area contributed by atoms with E-state index in [4.69, 9.17) is 0 Å². The molecule has 0 unspecified atom stereocenters. The highest BCUT2D eigenvalue weighted by Gasteiger charge is 2.76. The van der Waals surface area contributed by atoms with Gasteiger partial charge in [0, 0.05) is 16.7 Å². The van der Waals surface area contributed by atoms with E-state index in [2.05, 4.69) is 4.74 Å². The molecule has 0 radical (unpaired) electrons. The number of halogens is 1. The molecular weight excluding hydrogens is 391 g/mol. The number of allylic oxidation sites excluding steroid dienone is 4. The van der Waals surface area contributed by atoms with Crippen LogP contribution in [0.1, 0.15) is 46.5 Å². The smallest absolute Gasteiger partial charge is 0.337 e. The van der Waals surface area contributed by atoms with Crippen LogP contribution in [0.4, 0.5) is 4.39 Å². The van der Waals surface area contributed by atoms with Gasteiger partial charge in [0.25, 0.3) is 0 Å². The first-order valence-corrected chi connectivity index (χ1v) is 10.7. The van der Waals surface area contributed by atoms with Crippen LogP contribution in [-0.4, -0.2) is 57.7 Å². The maximum Gasteiger partial charge on any atom is 0.337 e. The standard InChI is InChI=1S/C23H31FO6/c1-12-9-16-15-6-5-13-10-14(25)7-8-20(13,2)22(15,24)17(26)11-21(16,3)23(12,29)18(27)19(28)30-4/h7-8,10,12,15-18,26-27,29H,5-6,9,11H2,1-4H3/t12-,15+,16+,17+,18+,20+,21+,22+,23+/m1/s1. The molecule has 0 amide bonds. The van der Waals surface area contributed by atoms with Crippen LogP contribution >= 0.6 is 0 Å². The van der Waals surface area contributed by atoms with Gasteiger partial charge in [-0.1, -0.05) is 25.5 Å². The summed E-state index contributed by atoms with van der Waals surface area (Å²) in [5.41, 5.74) is -5.37. The Morgan fingerprint density at radius 2 is 2.00 bits per heavy atom. The van der Waals surface area contributed by atoms with Gasteiger partial charge in [-0.3, -0.25) is 4.79 Å². The quantitative estimate of drug-likeness (QED) is 0.587. The number of carbonyl (C=O) groups excluding carboxylic acids is 2. The SMILES string of the molecule is COC(=O)[C@H](O)[C@@]1(O)[C@H](C)C[C@H]2[C@@H]3CCC4=CC(=O)C=C[C@]4(C)[C@@]3(F)[C@@H](O)C[C@@]21C. The van der Waals surface area contributed by atoms with Gasteiger partial charge in [0.2, 0.25) is 0 Å². The van der Waals surface area contributed by atoms with Crippen LogP contribution in [0, 0.1) is 28.6 Å². The predicted molar refractivity (Wildman–Crippen MR) is 106 cm³/mol. The maximum atomic E-state index is 17.0. The highest BCUT2D eigenvalue weighted by Crippen LogP contribution is 2.71. The molecule has 166 valence electrons. The number of alkyl halides is 1. The van der Waals surface area contributed by atoms with E-state index in [1.807, 2.05) is 0 Å². The first-order valence-electron chi connectivity index (χ1n) is 10.7. The molecule has 0 aromatic heterocycles. The number of ketones is 1. The molecule has 0 bridgehead atoms. The third-order valence-corrected chi connectivity index (χ3v) is 9.15. The van der Waals surface area contributed by atoms with Gasteiger partial charge in [-0.15, -0.1) is 0 Å². The van der Waals surface area contributed by atoms with Gasteiger partial charge >= 0.3 is 5.97 Å². The molecule has 4 rings (SSSR count). The van der Waals surface area contributed by atoms with Gasteiger partial charge < -0.3 is 20.1 Å². The van der Waals surface area contributed by atoms with Crippen LogP contribution in [0.5, 0.6) is 0 Å². The van der Waals surface area contributed by atoms with Crippen molar-refractivity contribution in [2.75, 3.05) is 7.11 Å². The molecule has 3 fully saturated rings. The molecule has 4 aliphatic rings. The minimum Gasteiger partial charge on any atom is -0.467 e. The third-order valence-electron chi connectivity index (χ3n) is 9.15. The van der Waals surface area contributed by atoms with Crippen molar-refractivity contribution in [3.05, 3.63) is 23.8 Å². The van der Waals surface area contributed by atoms with Crippen LogP contribution in [0.25, 0.3) is 0 Å². The number of methoxy groups -OCH3 is 1. The molecule has 3 saturated carbocycles. The van der Waals surface area contributed by atoms with E-state index in [-0.39, 0.29) is 18.1 Å². The second-order valence-corrected chi connectivity index (χ2v) is 10.2. The Balaban J connectivity index is 1.81. The van der Waals surface area contributed by atoms with Gasteiger partial charge in [0.05, 0.1) is 13.2 Å². The lowest BCUT2D eigenvalue weighted by Crippen LogP contribution is -2.70. The highest BCUT2D eigenvalue weighted by molar-refractivity contribution is 6.01. The zero-order valence-corrected chi connectivity index (χ0v) is 17.9. The molecule has 30 heavy (non-hydrogen) atoms. The van der Waals surface area contributed by atoms with E-state index in [0.717, 1.165) is 7.11 Å². The number of aliphatic hydroxyl groups is 3. The van der Waals surface area contributed by atoms with Crippen molar-refractivity contribution in [2.24, 2.45) is 28.6 Å². The third kappa shape index (κ3) is 2.29. The zero-order valence-electron chi connectivity index (χ0n) is 17.9. The number of aliphatic hydroxyl groups excluding tert-OH is 2. The Hall–Kier alpha value is -1.57. The lowest BCUT2D eigenvalue weighted by molar-refractivity contribution is -0.241. The van der Waals surface area contributed by atoms with Crippen LogP contribution in [0.2, 0.25) is 0 Å². The van der Waals surface area contributed by atoms with Crippen molar-refractivity contribution >= 4 is 11.8 Å². The second kappa shape index (κ2) is 6.47. The number of ether oxygens (including phenoxy) is 1. The fourth-order valence-corrected chi connectivity index (χ4v) is 7.45. The number of hydrogen-bond acceptors (Lipinski definition) is 6. The summed E-state index contributed by atoms with van der Waals surface area (Å²) in [4.78, 5) is 24.0. The van der Waals surface area contributed by atoms with E-state index in [9.17, 15) is 24.9 Å². The number of rotatable bonds is 2. The number of carbonyl (C=O) groups is 2. The molecule has 9 atom stereocenters. The molecule has 4 aliphatic carbocycles. The Bertz CT molecular complexity index is 853. The normalized spacial score (nSPS) is 50.8. The Kier molecular flexibility index (Phi) is 4.67. The fourth-order valence-electron chi connectivity index (χ4n) is 7.45. The molecule has 3 N–H and O–H groups in total. The van der Waals surface area contributed by atoms with Crippen molar-refractivity contribution in [3.63, 3.8) is 0 Å². The van der Waals surface area contributed by atoms with Gasteiger partial charge in [-0.2, -0.15) is 0 Å². The molecule has 0 aliphatic heterocycles. The molecule has 0 heterocycles. The van der Waals surface area contributed by atoms with E-state index in [0.29, 0.717) is 24.8 Å². The summed E-state index contributed by atoms with van der Waals surface area (Å²) in [6.45, 7) is 5.22. The largest absolute Gasteiger partial charge is 0.467 e. The molecule has 0 aromatic rings. The van der Waals surface area contributed by atoms with Crippen molar-refractivity contribution in [3.8, 4) is 0 Å². The minimum absolute atomic E-state index is 0.107. The van der Waals surface area contributed by atoms with Gasteiger partial charge in [0.1, 0.15) is 5.60 Å². The minimum atomic E-state index is -2.01. The summed E-state index contributed by atoms with van der Waals surface area (Å²) in [7, 11) is 1.14. The highest BCUT2D eigenvalue weighted by atomic mass is 19.1. The van der Waals surface area contributed by atoms with Crippen LogP contribution < -0.4 is 0 Å². The summed E-state index contributed by atoms with van der Waals surface area (Å²) in [6, 6.07) is 0. The Morgan fingerprint density at radius 3 is 2.63 bits per heavy atom. The predicted octanol–water partition coefficient (Wildman–Crippen LogP) is 1.87. The van der Waals surface area contributed by atoms with Crippen molar-refractivity contribution in [2.45, 2.75) is 69.9 Å². The fraction of sp³-hybridized carbons (Fsp3) is 0.739. The van der Waals surface area contributed by atoms with E-state index < -0.39 is 52.1 Å². The van der Waals surface area contributed by atoms with Crippen LogP contribution in [0.15, 0.2) is 23.8 Å². The van der Waals surface area contributed by atoms with Crippen molar-refractivity contribution < 1.29 is 34.0 Å². The monoisotopic (exact) mass is 422 g/mol. The second-order valence-electron chi connectivity index (χ2n) is 10.2. The molecule has 7 heteroatoms. The number of hydrogen-bond donors (Lipinski definition) is 3. The average Bonchev–Trinajstić information content (AvgIpc) is 2.90. The Labute approximate surface area is 175 Å². The summed E-state index contributed by atoms with van der Waals surface area (Å²) in [5, 5.41) is 33.6. The van der Waals surface area contributed by atoms with Gasteiger partial charge in [0.15, 0.2) is 17.6 Å². The lowest BCUT2D eigenvalue weighted by Gasteiger charge is -2.63. The molecule has 0 saturated heterocycles. The lowest BCUT2D eigenvalue weighted by atomic mass is 9.44. The van der Waals surface area contributed by atoms with Gasteiger partial charge in [-0.05, 0) is 56.6 Å². The topological polar surface area (TPSA) is 104 Å². The maximum absolute atomic E-state index is 17.0.